The van der Waals surface area contributed by atoms with Crippen molar-refractivity contribution in [3.8, 4) is 89.8 Å². The van der Waals surface area contributed by atoms with Crippen molar-refractivity contribution in [2.45, 2.75) is 0 Å². The Labute approximate surface area is 575 Å². The molecule has 0 saturated carbocycles. The lowest BCUT2D eigenvalue weighted by molar-refractivity contribution is 0.472. The summed E-state index contributed by atoms with van der Waals surface area (Å²) in [6, 6.07) is 117. The Bertz CT molecular complexity index is 5800. The average Bonchev–Trinajstić information content (AvgIpc) is 0.724. The van der Waals surface area contributed by atoms with Crippen LogP contribution in [0.25, 0.3) is 196 Å². The number of aromatic hydroxyl groups is 4. The molecule has 0 saturated heterocycles. The maximum Gasteiger partial charge on any atom is 0.132 e. The average molecular weight is 1280 g/mol. The first-order valence-electron chi connectivity index (χ1n) is 33.9. The van der Waals surface area contributed by atoms with E-state index in [0.717, 1.165) is 174 Å². The van der Waals surface area contributed by atoms with Crippen LogP contribution in [0.15, 0.2) is 340 Å². The van der Waals surface area contributed by atoms with Crippen LogP contribution in [0.5, 0.6) is 23.0 Å². The van der Waals surface area contributed by atoms with Crippen molar-refractivity contribution < 1.29 is 20.4 Å². The van der Waals surface area contributed by atoms with Crippen molar-refractivity contribution in [2.24, 2.45) is 0 Å². The highest BCUT2D eigenvalue weighted by molar-refractivity contribution is 6.24. The molecule has 0 aliphatic rings. The molecule has 20 aromatic rings. The first-order valence-corrected chi connectivity index (χ1v) is 33.9. The van der Waals surface area contributed by atoms with Crippen LogP contribution in [0.4, 0.5) is 0 Å². The van der Waals surface area contributed by atoms with E-state index in [9.17, 15) is 20.4 Å². The summed E-state index contributed by atoms with van der Waals surface area (Å²) in [6.45, 7) is 0. The van der Waals surface area contributed by atoms with Gasteiger partial charge < -0.3 is 20.4 Å². The smallest absolute Gasteiger partial charge is 0.132 e. The van der Waals surface area contributed by atoms with Gasteiger partial charge in [-0.2, -0.15) is 0 Å². The Kier molecular flexibility index (Phi) is 13.5. The molecule has 0 amide bonds. The van der Waals surface area contributed by atoms with E-state index in [4.69, 9.17) is 0 Å². The fourth-order valence-electron chi connectivity index (χ4n) is 16.3. The Balaban J connectivity index is 0.000000139. The van der Waals surface area contributed by atoms with E-state index in [1.54, 1.807) is 0 Å². The predicted octanol–water partition coefficient (Wildman–Crippen LogP) is 26.0. The van der Waals surface area contributed by atoms with E-state index < -0.39 is 0 Å². The number of fused-ring (bicyclic) bond motifs is 12. The molecule has 0 aliphatic heterocycles. The quantitative estimate of drug-likeness (QED) is 0.125. The standard InChI is InChI=1S/2C48H30O2/c2*49-47-41(43-35-19-7-1-13-29(35)25-30-14-2-8-20-36(30)43)27-33-17-5-11-23-39(33)45(47)46-40-24-12-6-18-34(40)28-42(48(46)50)44-37-21-9-3-15-31(37)26-32-16-4-10-22-38(32)44/h2*1-28,49-50H. The fraction of sp³-hybridized carbons (Fsp3) is 0. The van der Waals surface area contributed by atoms with Gasteiger partial charge in [-0.05, 0) is 178 Å². The van der Waals surface area contributed by atoms with Crippen molar-refractivity contribution in [3.05, 3.63) is 340 Å². The van der Waals surface area contributed by atoms with Crippen molar-refractivity contribution in [2.75, 3.05) is 0 Å². The van der Waals surface area contributed by atoms with Crippen molar-refractivity contribution in [3.63, 3.8) is 0 Å². The summed E-state index contributed by atoms with van der Waals surface area (Å²) in [5.41, 5.74) is 9.31. The summed E-state index contributed by atoms with van der Waals surface area (Å²) < 4.78 is 0. The zero-order valence-electron chi connectivity index (χ0n) is 54.1. The van der Waals surface area contributed by atoms with Gasteiger partial charge in [0.05, 0.1) is 0 Å². The first kappa shape index (κ1) is 58.1. The van der Waals surface area contributed by atoms with Crippen LogP contribution in [-0.2, 0) is 0 Å². The highest BCUT2D eigenvalue weighted by atomic mass is 16.3. The predicted molar refractivity (Wildman–Crippen MR) is 422 cm³/mol. The van der Waals surface area contributed by atoms with Crippen LogP contribution in [-0.4, -0.2) is 20.4 Å². The zero-order chi connectivity index (χ0) is 66.7. The van der Waals surface area contributed by atoms with Gasteiger partial charge in [0, 0.05) is 66.8 Å². The maximum absolute atomic E-state index is 12.8. The Morgan fingerprint density at radius 1 is 0.120 bits per heavy atom. The highest BCUT2D eigenvalue weighted by Gasteiger charge is 2.29. The Morgan fingerprint density at radius 3 is 0.370 bits per heavy atom. The molecule has 0 aliphatic carbocycles. The van der Waals surface area contributed by atoms with Crippen LogP contribution >= 0.6 is 0 Å². The van der Waals surface area contributed by atoms with Gasteiger partial charge in [0.1, 0.15) is 23.0 Å². The Hall–Kier alpha value is -13.3. The SMILES string of the molecule is Oc1c(-c2c3ccccc3cc3ccccc23)cc2ccccc2c1-c1c(O)c(-c2c3ccccc3cc3ccccc23)cc2ccccc12.Oc1c(-c2c3ccccc3cc3ccccc23)cc2ccccc2c1-c1c(O)c(-c2c3ccccc3cc3ccccc23)cc2ccccc12. The molecule has 0 aromatic heterocycles. The summed E-state index contributed by atoms with van der Waals surface area (Å²) in [5.74, 6) is 0.576. The van der Waals surface area contributed by atoms with Gasteiger partial charge >= 0.3 is 0 Å². The minimum Gasteiger partial charge on any atom is -0.507 e. The molecule has 0 spiro atoms. The van der Waals surface area contributed by atoms with Gasteiger partial charge in [-0.3, -0.25) is 0 Å². The molecule has 0 atom stereocenters. The van der Waals surface area contributed by atoms with E-state index >= 15 is 0 Å². The second-order valence-corrected chi connectivity index (χ2v) is 26.3. The highest BCUT2D eigenvalue weighted by Crippen LogP contribution is 2.57. The van der Waals surface area contributed by atoms with Crippen molar-refractivity contribution in [1.29, 1.82) is 0 Å². The zero-order valence-corrected chi connectivity index (χ0v) is 54.1. The lowest BCUT2D eigenvalue weighted by atomic mass is 9.83. The second kappa shape index (κ2) is 23.2. The minimum absolute atomic E-state index is 0.144. The van der Waals surface area contributed by atoms with Crippen LogP contribution in [0.2, 0.25) is 0 Å². The molecule has 468 valence electrons. The lowest BCUT2D eigenvalue weighted by Gasteiger charge is -2.21. The summed E-state index contributed by atoms with van der Waals surface area (Å²) in [6.07, 6.45) is 0. The third-order valence-corrected chi connectivity index (χ3v) is 20.7. The van der Waals surface area contributed by atoms with E-state index in [2.05, 4.69) is 267 Å². The van der Waals surface area contributed by atoms with Crippen LogP contribution in [0.1, 0.15) is 0 Å². The molecular formula is C96H60O4. The molecule has 0 fully saturated rings. The summed E-state index contributed by atoms with van der Waals surface area (Å²) in [4.78, 5) is 0. The molecule has 100 heavy (non-hydrogen) atoms. The molecule has 4 nitrogen and oxygen atoms in total. The van der Waals surface area contributed by atoms with Crippen molar-refractivity contribution >= 4 is 129 Å². The van der Waals surface area contributed by atoms with E-state index in [1.165, 1.54) is 0 Å². The normalized spacial score (nSPS) is 11.8. The number of phenolic OH excluding ortho intramolecular Hbond substituents is 4. The van der Waals surface area contributed by atoms with Crippen molar-refractivity contribution in [1.82, 2.24) is 0 Å². The number of hydrogen-bond acceptors (Lipinski definition) is 4. The number of hydrogen-bond donors (Lipinski definition) is 4. The van der Waals surface area contributed by atoms with Gasteiger partial charge in [0.15, 0.2) is 0 Å². The van der Waals surface area contributed by atoms with E-state index in [1.807, 2.05) is 72.8 Å². The van der Waals surface area contributed by atoms with Crippen LogP contribution in [0, 0.1) is 0 Å². The van der Waals surface area contributed by atoms with Gasteiger partial charge in [-0.15, -0.1) is 0 Å². The molecule has 0 radical (unpaired) electrons. The lowest BCUT2D eigenvalue weighted by Crippen LogP contribution is -1.94. The minimum atomic E-state index is 0.144. The van der Waals surface area contributed by atoms with E-state index in [0.29, 0.717) is 22.3 Å². The number of rotatable bonds is 6. The topological polar surface area (TPSA) is 80.9 Å². The third kappa shape index (κ3) is 9.15. The molecule has 0 unspecified atom stereocenters. The molecule has 4 heteroatoms. The number of phenols is 4. The van der Waals surface area contributed by atoms with Gasteiger partial charge in [0.2, 0.25) is 0 Å². The molecular weight excluding hydrogens is 1220 g/mol. The summed E-state index contributed by atoms with van der Waals surface area (Å²) in [5, 5.41) is 75.9. The Morgan fingerprint density at radius 2 is 0.230 bits per heavy atom. The third-order valence-electron chi connectivity index (χ3n) is 20.7. The molecule has 0 bridgehead atoms. The van der Waals surface area contributed by atoms with E-state index in [-0.39, 0.29) is 23.0 Å². The fourth-order valence-corrected chi connectivity index (χ4v) is 16.3. The van der Waals surface area contributed by atoms with Gasteiger partial charge in [-0.1, -0.05) is 291 Å². The van der Waals surface area contributed by atoms with Gasteiger partial charge in [-0.25, -0.2) is 0 Å². The largest absolute Gasteiger partial charge is 0.507 e. The first-order chi connectivity index (χ1) is 49.3. The van der Waals surface area contributed by atoms with Gasteiger partial charge in [0.25, 0.3) is 0 Å². The van der Waals surface area contributed by atoms with Crippen LogP contribution in [0.3, 0.4) is 0 Å². The number of benzene rings is 20. The van der Waals surface area contributed by atoms with Crippen LogP contribution < -0.4 is 0 Å². The molecule has 20 rings (SSSR count). The molecule has 4 N–H and O–H groups in total. The monoisotopic (exact) mass is 1280 g/mol. The second-order valence-electron chi connectivity index (χ2n) is 26.3. The summed E-state index contributed by atoms with van der Waals surface area (Å²) in [7, 11) is 0. The molecule has 20 aromatic carbocycles. The summed E-state index contributed by atoms with van der Waals surface area (Å²) >= 11 is 0. The maximum atomic E-state index is 12.8. The molecule has 0 heterocycles.